The molecule has 2 atom stereocenters. The van der Waals surface area contributed by atoms with Gasteiger partial charge in [-0.15, -0.1) is 0 Å². The summed E-state index contributed by atoms with van der Waals surface area (Å²) in [6.45, 7) is 4.26. The van der Waals surface area contributed by atoms with Crippen LogP contribution >= 0.6 is 0 Å². The van der Waals surface area contributed by atoms with Crippen molar-refractivity contribution in [3.05, 3.63) is 12.2 Å². The van der Waals surface area contributed by atoms with E-state index >= 15 is 0 Å². The molecule has 4 nitrogen and oxygen atoms in total. The Hall–Kier alpha value is -1.16. The van der Waals surface area contributed by atoms with Gasteiger partial charge >= 0.3 is 0 Å². The van der Waals surface area contributed by atoms with Gasteiger partial charge in [0.15, 0.2) is 0 Å². The van der Waals surface area contributed by atoms with Crippen LogP contribution in [0.1, 0.15) is 13.8 Å². The zero-order valence-electron chi connectivity index (χ0n) is 8.43. The minimum absolute atomic E-state index is 0.0742. The molecule has 0 aromatic heterocycles. The highest BCUT2D eigenvalue weighted by Gasteiger charge is 2.26. The minimum atomic E-state index is -0.257. The second-order valence-electron chi connectivity index (χ2n) is 3.76. The number of aliphatic hydroxyl groups excluding tert-OH is 1. The lowest BCUT2D eigenvalue weighted by Crippen LogP contribution is -2.36. The summed E-state index contributed by atoms with van der Waals surface area (Å²) in [5.41, 5.74) is 0. The van der Waals surface area contributed by atoms with Crippen molar-refractivity contribution < 1.29 is 14.7 Å². The van der Waals surface area contributed by atoms with Crippen molar-refractivity contribution in [3.8, 4) is 0 Å². The summed E-state index contributed by atoms with van der Waals surface area (Å²) in [4.78, 5) is 23.6. The molecule has 0 spiro atoms. The summed E-state index contributed by atoms with van der Waals surface area (Å²) < 4.78 is 0. The standard InChI is InChI=1S/C10H15NO3/c1-7(8(2)6-12)5-11-9(13)3-4-10(11)14/h3-4,7-8,12H,5-6H2,1-2H3. The van der Waals surface area contributed by atoms with Gasteiger partial charge in [-0.2, -0.15) is 0 Å². The Morgan fingerprint density at radius 1 is 1.21 bits per heavy atom. The first kappa shape index (κ1) is 10.9. The van der Waals surface area contributed by atoms with Crippen molar-refractivity contribution >= 4 is 11.8 Å². The number of carbonyl (C=O) groups excluding carboxylic acids is 2. The van der Waals surface area contributed by atoms with E-state index in [0.717, 1.165) is 0 Å². The van der Waals surface area contributed by atoms with E-state index in [1.54, 1.807) is 0 Å². The number of hydrogen-bond donors (Lipinski definition) is 1. The van der Waals surface area contributed by atoms with Crippen LogP contribution in [-0.4, -0.2) is 35.0 Å². The first-order valence-electron chi connectivity index (χ1n) is 4.70. The third-order valence-corrected chi connectivity index (χ3v) is 2.63. The van der Waals surface area contributed by atoms with Crippen LogP contribution in [0.25, 0.3) is 0 Å². The fourth-order valence-corrected chi connectivity index (χ4v) is 1.26. The molecular formula is C10H15NO3. The van der Waals surface area contributed by atoms with Gasteiger partial charge in [0.05, 0.1) is 0 Å². The molecule has 0 radical (unpaired) electrons. The summed E-state index contributed by atoms with van der Waals surface area (Å²) >= 11 is 0. The Morgan fingerprint density at radius 3 is 2.14 bits per heavy atom. The number of rotatable bonds is 4. The van der Waals surface area contributed by atoms with E-state index in [4.69, 9.17) is 5.11 Å². The van der Waals surface area contributed by atoms with Crippen LogP contribution < -0.4 is 0 Å². The summed E-state index contributed by atoms with van der Waals surface area (Å²) in [5.74, 6) is -0.303. The average Bonchev–Trinajstić information content (AvgIpc) is 2.48. The van der Waals surface area contributed by atoms with Crippen LogP contribution in [0.5, 0.6) is 0 Å². The second kappa shape index (κ2) is 4.37. The van der Waals surface area contributed by atoms with Crippen molar-refractivity contribution in [1.29, 1.82) is 0 Å². The largest absolute Gasteiger partial charge is 0.396 e. The first-order valence-corrected chi connectivity index (χ1v) is 4.70. The predicted molar refractivity (Wildman–Crippen MR) is 51.3 cm³/mol. The molecule has 0 fully saturated rings. The highest BCUT2D eigenvalue weighted by atomic mass is 16.3. The molecule has 1 aliphatic heterocycles. The monoisotopic (exact) mass is 197 g/mol. The van der Waals surface area contributed by atoms with Gasteiger partial charge in [0.2, 0.25) is 0 Å². The zero-order valence-corrected chi connectivity index (χ0v) is 8.43. The molecule has 0 aromatic carbocycles. The lowest BCUT2D eigenvalue weighted by molar-refractivity contribution is -0.137. The molecule has 4 heteroatoms. The van der Waals surface area contributed by atoms with Crippen molar-refractivity contribution in [3.63, 3.8) is 0 Å². The van der Waals surface area contributed by atoms with Gasteiger partial charge < -0.3 is 5.11 Å². The Morgan fingerprint density at radius 2 is 1.71 bits per heavy atom. The summed E-state index contributed by atoms with van der Waals surface area (Å²) in [6, 6.07) is 0. The maximum atomic E-state index is 11.2. The molecule has 1 heterocycles. The van der Waals surface area contributed by atoms with Crippen molar-refractivity contribution in [1.82, 2.24) is 4.90 Å². The van der Waals surface area contributed by atoms with E-state index in [9.17, 15) is 9.59 Å². The lowest BCUT2D eigenvalue weighted by atomic mass is 9.96. The van der Waals surface area contributed by atoms with E-state index < -0.39 is 0 Å². The van der Waals surface area contributed by atoms with Crippen LogP contribution in [0, 0.1) is 11.8 Å². The molecule has 78 valence electrons. The van der Waals surface area contributed by atoms with Crippen LogP contribution in [0.3, 0.4) is 0 Å². The van der Waals surface area contributed by atoms with E-state index in [0.29, 0.717) is 6.54 Å². The molecular weight excluding hydrogens is 182 g/mol. The minimum Gasteiger partial charge on any atom is -0.396 e. The molecule has 0 aromatic rings. The van der Waals surface area contributed by atoms with Crippen LogP contribution in [-0.2, 0) is 9.59 Å². The topological polar surface area (TPSA) is 57.6 Å². The smallest absolute Gasteiger partial charge is 0.253 e. The lowest BCUT2D eigenvalue weighted by Gasteiger charge is -2.22. The van der Waals surface area contributed by atoms with Crippen LogP contribution in [0.4, 0.5) is 0 Å². The zero-order chi connectivity index (χ0) is 10.7. The number of nitrogens with zero attached hydrogens (tertiary/aromatic N) is 1. The van der Waals surface area contributed by atoms with Gasteiger partial charge in [0, 0.05) is 25.3 Å². The number of imide groups is 1. The van der Waals surface area contributed by atoms with Gasteiger partial charge in [0.25, 0.3) is 11.8 Å². The molecule has 2 amide bonds. The van der Waals surface area contributed by atoms with E-state index in [2.05, 4.69) is 0 Å². The van der Waals surface area contributed by atoms with E-state index in [1.165, 1.54) is 17.1 Å². The normalized spacial score (nSPS) is 20.4. The molecule has 0 saturated carbocycles. The van der Waals surface area contributed by atoms with Crippen LogP contribution in [0.15, 0.2) is 12.2 Å². The van der Waals surface area contributed by atoms with Crippen molar-refractivity contribution in [2.75, 3.05) is 13.2 Å². The second-order valence-corrected chi connectivity index (χ2v) is 3.76. The summed E-state index contributed by atoms with van der Waals surface area (Å²) in [6.07, 6.45) is 2.55. The molecule has 1 aliphatic rings. The van der Waals surface area contributed by atoms with Gasteiger partial charge in [-0.1, -0.05) is 13.8 Å². The summed E-state index contributed by atoms with van der Waals surface area (Å²) in [5, 5.41) is 8.91. The quantitative estimate of drug-likeness (QED) is 0.654. The fourth-order valence-electron chi connectivity index (χ4n) is 1.26. The molecule has 1 rings (SSSR count). The van der Waals surface area contributed by atoms with Gasteiger partial charge in [0.1, 0.15) is 0 Å². The van der Waals surface area contributed by atoms with E-state index in [-0.39, 0.29) is 30.3 Å². The third-order valence-electron chi connectivity index (χ3n) is 2.63. The molecule has 0 aliphatic carbocycles. The number of carbonyl (C=O) groups is 2. The third kappa shape index (κ3) is 2.20. The number of amides is 2. The van der Waals surface area contributed by atoms with Crippen LogP contribution in [0.2, 0.25) is 0 Å². The first-order chi connectivity index (χ1) is 6.56. The summed E-state index contributed by atoms with van der Waals surface area (Å²) in [7, 11) is 0. The van der Waals surface area contributed by atoms with Gasteiger partial charge in [-0.25, -0.2) is 0 Å². The Bertz CT molecular complexity index is 255. The fraction of sp³-hybridized carbons (Fsp3) is 0.600. The highest BCUT2D eigenvalue weighted by molar-refractivity contribution is 6.12. The highest BCUT2D eigenvalue weighted by Crippen LogP contribution is 2.14. The Kier molecular flexibility index (Phi) is 3.41. The Labute approximate surface area is 83.2 Å². The molecule has 0 bridgehead atoms. The molecule has 1 N–H and O–H groups in total. The van der Waals surface area contributed by atoms with Gasteiger partial charge in [-0.3, -0.25) is 14.5 Å². The maximum Gasteiger partial charge on any atom is 0.253 e. The van der Waals surface area contributed by atoms with Crippen molar-refractivity contribution in [2.45, 2.75) is 13.8 Å². The van der Waals surface area contributed by atoms with Crippen molar-refractivity contribution in [2.24, 2.45) is 11.8 Å². The maximum absolute atomic E-state index is 11.2. The number of aliphatic hydroxyl groups is 1. The van der Waals surface area contributed by atoms with E-state index in [1.807, 2.05) is 13.8 Å². The number of hydrogen-bond acceptors (Lipinski definition) is 3. The molecule has 0 saturated heterocycles. The average molecular weight is 197 g/mol. The predicted octanol–water partition coefficient (Wildman–Crippen LogP) is 0.176. The van der Waals surface area contributed by atoms with Gasteiger partial charge in [-0.05, 0) is 11.8 Å². The molecule has 2 unspecified atom stereocenters. The molecule has 14 heavy (non-hydrogen) atoms. The SMILES string of the molecule is CC(CO)C(C)CN1C(=O)C=CC1=O. The Balaban J connectivity index is 2.52.